The predicted octanol–water partition coefficient (Wildman–Crippen LogP) is 4.37. The Morgan fingerprint density at radius 3 is 2.75 bits per heavy atom. The van der Waals surface area contributed by atoms with E-state index in [9.17, 15) is 9.18 Å². The lowest BCUT2D eigenvalue weighted by atomic mass is 10.2. The second-order valence-electron chi connectivity index (χ2n) is 5.07. The maximum Gasteiger partial charge on any atom is 0.270 e. The van der Waals surface area contributed by atoms with E-state index >= 15 is 0 Å². The van der Waals surface area contributed by atoms with E-state index < -0.39 is 0 Å². The van der Waals surface area contributed by atoms with Crippen LogP contribution >= 0.6 is 28.1 Å². The van der Waals surface area contributed by atoms with Gasteiger partial charge in [0.2, 0.25) is 0 Å². The largest absolute Gasteiger partial charge is 0.347 e. The van der Waals surface area contributed by atoms with Crippen LogP contribution in [0.3, 0.4) is 0 Å². The summed E-state index contributed by atoms with van der Waals surface area (Å²) in [6.45, 7) is 0.0802. The summed E-state index contributed by atoms with van der Waals surface area (Å²) in [5.41, 5.74) is 1.54. The minimum Gasteiger partial charge on any atom is -0.347 e. The highest BCUT2D eigenvalue weighted by atomic mass is 79.9. The monoisotopic (exact) mass is 405 g/mol. The summed E-state index contributed by atoms with van der Waals surface area (Å²) in [5, 5.41) is 2.72. The molecule has 0 bridgehead atoms. The van der Waals surface area contributed by atoms with E-state index in [0.29, 0.717) is 16.0 Å². The number of carbonyl (C=O) groups excluding carboxylic acids is 1. The number of para-hydroxylation sites is 1. The number of hydrogen-bond donors (Lipinski definition) is 2. The number of nitrogens with one attached hydrogen (secondary N) is 2. The van der Waals surface area contributed by atoms with Gasteiger partial charge in [-0.25, -0.2) is 4.39 Å². The summed E-state index contributed by atoms with van der Waals surface area (Å²) in [4.78, 5) is 15.4. The van der Waals surface area contributed by atoms with Gasteiger partial charge in [0.1, 0.15) is 11.5 Å². The van der Waals surface area contributed by atoms with E-state index in [1.54, 1.807) is 22.9 Å². The maximum absolute atomic E-state index is 13.8. The number of nitrogens with zero attached hydrogens (tertiary/aromatic N) is 1. The third kappa shape index (κ3) is 3.47. The summed E-state index contributed by atoms with van der Waals surface area (Å²) in [5.74, 6) is -0.710. The van der Waals surface area contributed by atoms with Gasteiger partial charge in [-0.15, -0.1) is 0 Å². The third-order valence-corrected chi connectivity index (χ3v) is 4.26. The van der Waals surface area contributed by atoms with Gasteiger partial charge < -0.3 is 10.3 Å². The lowest BCUT2D eigenvalue weighted by Gasteiger charge is -2.10. The van der Waals surface area contributed by atoms with Gasteiger partial charge in [0, 0.05) is 28.5 Å². The standard InChI is InChI=1S/C17H13BrFN3OS/c18-12-6-7-14(19)11(8-12)9-20-16(23)15-10-21-17(24)22(15)13-4-2-1-3-5-13/h1-8,10H,9H2,(H,20,23)(H,21,24). The minimum absolute atomic E-state index is 0.0802. The predicted molar refractivity (Wildman–Crippen MR) is 96.2 cm³/mol. The van der Waals surface area contributed by atoms with Crippen LogP contribution in [0.1, 0.15) is 16.1 Å². The molecule has 0 aliphatic heterocycles. The Morgan fingerprint density at radius 1 is 1.25 bits per heavy atom. The zero-order valence-corrected chi connectivity index (χ0v) is 14.8. The molecule has 0 atom stereocenters. The van der Waals surface area contributed by atoms with E-state index in [1.807, 2.05) is 30.3 Å². The zero-order valence-electron chi connectivity index (χ0n) is 12.4. The minimum atomic E-state index is -0.368. The van der Waals surface area contributed by atoms with Crippen molar-refractivity contribution < 1.29 is 9.18 Å². The van der Waals surface area contributed by atoms with Crippen molar-refractivity contribution >= 4 is 34.1 Å². The second kappa shape index (κ2) is 7.11. The summed E-state index contributed by atoms with van der Waals surface area (Å²) >= 11 is 8.54. The fourth-order valence-electron chi connectivity index (χ4n) is 2.31. The molecule has 0 radical (unpaired) electrons. The van der Waals surface area contributed by atoms with Crippen molar-refractivity contribution in [2.75, 3.05) is 0 Å². The van der Waals surface area contributed by atoms with Gasteiger partial charge in [-0.2, -0.15) is 0 Å². The molecular formula is C17H13BrFN3OS. The quantitative estimate of drug-likeness (QED) is 0.633. The topological polar surface area (TPSA) is 49.8 Å². The maximum atomic E-state index is 13.8. The Bertz CT molecular complexity index is 937. The number of carbonyl (C=O) groups is 1. The van der Waals surface area contributed by atoms with Crippen molar-refractivity contribution in [2.45, 2.75) is 6.54 Å². The number of halogens is 2. The summed E-state index contributed by atoms with van der Waals surface area (Å²) in [6, 6.07) is 13.9. The summed E-state index contributed by atoms with van der Waals surface area (Å²) in [7, 11) is 0. The van der Waals surface area contributed by atoms with Crippen molar-refractivity contribution in [1.29, 1.82) is 0 Å². The number of H-pyrrole nitrogens is 1. The summed E-state index contributed by atoms with van der Waals surface area (Å²) < 4.78 is 16.6. The molecule has 3 aromatic rings. The van der Waals surface area contributed by atoms with E-state index in [-0.39, 0.29) is 18.3 Å². The number of aromatic amines is 1. The fourth-order valence-corrected chi connectivity index (χ4v) is 2.99. The van der Waals surface area contributed by atoms with Crippen LogP contribution in [0.15, 0.2) is 59.2 Å². The van der Waals surface area contributed by atoms with Gasteiger partial charge in [0.15, 0.2) is 4.77 Å². The van der Waals surface area contributed by atoms with Crippen molar-refractivity contribution in [1.82, 2.24) is 14.9 Å². The average Bonchev–Trinajstić information content (AvgIpc) is 2.98. The van der Waals surface area contributed by atoms with Crippen molar-refractivity contribution in [3.8, 4) is 5.69 Å². The SMILES string of the molecule is O=C(NCc1cc(Br)ccc1F)c1c[nH]c(=S)n1-c1ccccc1. The smallest absolute Gasteiger partial charge is 0.270 e. The molecule has 1 aromatic heterocycles. The molecule has 0 unspecified atom stereocenters. The molecule has 3 rings (SSSR count). The van der Waals surface area contributed by atoms with E-state index in [1.165, 1.54) is 6.07 Å². The van der Waals surface area contributed by atoms with Gasteiger partial charge in [0.25, 0.3) is 5.91 Å². The molecule has 1 heterocycles. The molecule has 1 amide bonds. The Hall–Kier alpha value is -2.25. The molecule has 24 heavy (non-hydrogen) atoms. The molecule has 0 aliphatic carbocycles. The number of rotatable bonds is 4. The molecule has 0 saturated heterocycles. The lowest BCUT2D eigenvalue weighted by molar-refractivity contribution is 0.0943. The van der Waals surface area contributed by atoms with Gasteiger partial charge in [-0.3, -0.25) is 9.36 Å². The Labute approximate surface area is 151 Å². The third-order valence-electron chi connectivity index (χ3n) is 3.47. The number of aromatic nitrogens is 2. The first-order valence-corrected chi connectivity index (χ1v) is 8.34. The summed E-state index contributed by atoms with van der Waals surface area (Å²) in [6.07, 6.45) is 1.54. The highest BCUT2D eigenvalue weighted by molar-refractivity contribution is 9.10. The number of imidazole rings is 1. The number of amides is 1. The Kier molecular flexibility index (Phi) is 4.92. The van der Waals surface area contributed by atoms with Crippen LogP contribution in [0.2, 0.25) is 0 Å². The van der Waals surface area contributed by atoms with Gasteiger partial charge in [-0.05, 0) is 42.5 Å². The van der Waals surface area contributed by atoms with E-state index in [0.717, 1.165) is 10.2 Å². The second-order valence-corrected chi connectivity index (χ2v) is 6.37. The van der Waals surface area contributed by atoms with E-state index in [2.05, 4.69) is 26.2 Å². The Balaban J connectivity index is 1.84. The van der Waals surface area contributed by atoms with Crippen LogP contribution in [-0.2, 0) is 6.54 Å². The molecule has 7 heteroatoms. The van der Waals surface area contributed by atoms with Crippen molar-refractivity contribution in [3.05, 3.63) is 81.0 Å². The molecule has 0 fully saturated rings. The van der Waals surface area contributed by atoms with Crippen LogP contribution in [0.25, 0.3) is 5.69 Å². The molecule has 2 aromatic carbocycles. The molecule has 0 spiro atoms. The number of hydrogen-bond acceptors (Lipinski definition) is 2. The average molecular weight is 406 g/mol. The molecule has 4 nitrogen and oxygen atoms in total. The first kappa shape index (κ1) is 16.6. The lowest BCUT2D eigenvalue weighted by Crippen LogP contribution is -2.25. The first-order valence-electron chi connectivity index (χ1n) is 7.14. The van der Waals surface area contributed by atoms with Crippen molar-refractivity contribution in [2.24, 2.45) is 0 Å². The van der Waals surface area contributed by atoms with Gasteiger partial charge in [0.05, 0.1) is 0 Å². The molecule has 0 saturated carbocycles. The number of benzene rings is 2. The van der Waals surface area contributed by atoms with Gasteiger partial charge >= 0.3 is 0 Å². The molecule has 0 aliphatic rings. The van der Waals surface area contributed by atoms with Gasteiger partial charge in [-0.1, -0.05) is 34.1 Å². The highest BCUT2D eigenvalue weighted by Gasteiger charge is 2.14. The van der Waals surface area contributed by atoms with Crippen LogP contribution in [0.5, 0.6) is 0 Å². The fraction of sp³-hybridized carbons (Fsp3) is 0.0588. The zero-order chi connectivity index (χ0) is 17.1. The molecule has 122 valence electrons. The van der Waals surface area contributed by atoms with Crippen LogP contribution < -0.4 is 5.32 Å². The van der Waals surface area contributed by atoms with Crippen molar-refractivity contribution in [3.63, 3.8) is 0 Å². The van der Waals surface area contributed by atoms with Crippen LogP contribution in [0.4, 0.5) is 4.39 Å². The van der Waals surface area contributed by atoms with Crippen LogP contribution in [0, 0.1) is 10.6 Å². The first-order chi connectivity index (χ1) is 11.6. The highest BCUT2D eigenvalue weighted by Crippen LogP contribution is 2.16. The molecular weight excluding hydrogens is 393 g/mol. The van der Waals surface area contributed by atoms with E-state index in [4.69, 9.17) is 12.2 Å². The molecule has 2 N–H and O–H groups in total. The Morgan fingerprint density at radius 2 is 2.00 bits per heavy atom. The van der Waals surface area contributed by atoms with Crippen LogP contribution in [-0.4, -0.2) is 15.5 Å². The normalized spacial score (nSPS) is 10.6.